The van der Waals surface area contributed by atoms with E-state index < -0.39 is 22.0 Å². The van der Waals surface area contributed by atoms with E-state index in [0.29, 0.717) is 18.2 Å². The molecule has 2 heterocycles. The van der Waals surface area contributed by atoms with Crippen LogP contribution in [0, 0.1) is 16.7 Å². The molecule has 0 radical (unpaired) electrons. The lowest BCUT2D eigenvalue weighted by atomic mass is 9.69. The molecule has 1 aromatic rings. The summed E-state index contributed by atoms with van der Waals surface area (Å²) in [5.41, 5.74) is 1.17. The fourth-order valence-electron chi connectivity index (χ4n) is 6.53. The molecule has 33 heavy (non-hydrogen) atoms. The zero-order valence-electron chi connectivity index (χ0n) is 19.6. The van der Waals surface area contributed by atoms with Gasteiger partial charge in [0.2, 0.25) is 16.1 Å². The number of hydrogen-bond acceptors (Lipinski definition) is 7. The van der Waals surface area contributed by atoms with E-state index in [1.165, 1.54) is 4.31 Å². The molecule has 0 N–H and O–H groups in total. The summed E-state index contributed by atoms with van der Waals surface area (Å²) in [5, 5.41) is 4.09. The molecule has 2 saturated carbocycles. The second-order valence-electron chi connectivity index (χ2n) is 10.4. The molecule has 2 bridgehead atoms. The fraction of sp³-hybridized carbons (Fsp3) is 0.667. The number of oxime groups is 1. The van der Waals surface area contributed by atoms with Crippen molar-refractivity contribution in [1.82, 2.24) is 4.31 Å². The number of amides is 1. The van der Waals surface area contributed by atoms with E-state index in [0.717, 1.165) is 30.6 Å². The van der Waals surface area contributed by atoms with Gasteiger partial charge in [-0.1, -0.05) is 31.1 Å². The summed E-state index contributed by atoms with van der Waals surface area (Å²) in [7, 11) is -2.06. The first-order valence-corrected chi connectivity index (χ1v) is 13.2. The highest BCUT2D eigenvalue weighted by Gasteiger charge is 2.72. The van der Waals surface area contributed by atoms with Crippen molar-refractivity contribution < 1.29 is 27.5 Å². The highest BCUT2D eigenvalue weighted by atomic mass is 32.2. The number of carbonyl (C=O) groups is 1. The highest BCUT2D eigenvalue weighted by Crippen LogP contribution is 2.70. The Hall–Kier alpha value is -2.13. The summed E-state index contributed by atoms with van der Waals surface area (Å²) in [6.07, 6.45) is 1.62. The van der Waals surface area contributed by atoms with Crippen molar-refractivity contribution in [2.75, 3.05) is 12.9 Å². The van der Waals surface area contributed by atoms with Gasteiger partial charge in [-0.2, -0.15) is 0 Å². The van der Waals surface area contributed by atoms with Crippen molar-refractivity contribution in [1.29, 1.82) is 0 Å². The summed E-state index contributed by atoms with van der Waals surface area (Å²) >= 11 is 0. The molecule has 0 unspecified atom stereocenters. The molecule has 8 nitrogen and oxygen atoms in total. The van der Waals surface area contributed by atoms with Crippen LogP contribution < -0.4 is 4.74 Å². The normalized spacial score (nSPS) is 34.0. The van der Waals surface area contributed by atoms with E-state index in [9.17, 15) is 13.2 Å². The quantitative estimate of drug-likeness (QED) is 0.626. The minimum Gasteiger partial charge on any atom is -0.497 e. The largest absolute Gasteiger partial charge is 0.497 e. The van der Waals surface area contributed by atoms with Crippen molar-refractivity contribution in [3.8, 4) is 5.75 Å². The molecule has 1 aromatic carbocycles. The van der Waals surface area contributed by atoms with E-state index in [1.807, 2.05) is 31.2 Å². The minimum absolute atomic E-state index is 0.0573. The third kappa shape index (κ3) is 3.38. The summed E-state index contributed by atoms with van der Waals surface area (Å²) in [6.45, 7) is 6.58. The molecular weight excluding hydrogens is 444 g/mol. The van der Waals surface area contributed by atoms with E-state index in [4.69, 9.17) is 14.3 Å². The number of fused-ring (bicyclic) bond motifs is 1. The first kappa shape index (κ1) is 22.7. The Morgan fingerprint density at radius 3 is 2.70 bits per heavy atom. The van der Waals surface area contributed by atoms with Crippen LogP contribution in [0.5, 0.6) is 5.75 Å². The number of methoxy groups -OCH3 is 1. The number of nitrogens with zero attached hydrogens (tertiary/aromatic N) is 2. The first-order valence-electron chi connectivity index (χ1n) is 11.6. The van der Waals surface area contributed by atoms with Crippen molar-refractivity contribution in [2.24, 2.45) is 21.9 Å². The topological polar surface area (TPSA) is 94.5 Å². The minimum atomic E-state index is -3.68. The lowest BCUT2D eigenvalue weighted by Crippen LogP contribution is -2.48. The average Bonchev–Trinajstić information content (AvgIpc) is 3.47. The van der Waals surface area contributed by atoms with Crippen LogP contribution in [-0.4, -0.2) is 55.5 Å². The standard InChI is InChI=1S/C24H32N2O6S/c1-15(31-13-16-5-7-18(30-4)8-6-16)19-12-20(32-25-19)22(27)26-21-11-17-9-10-24(21,23(17,2)3)14-33(26,28)29/h5-8,15,17,20-21H,9-14H2,1-4H3/t15-,17-,20-,21-,24-/m0/s1. The summed E-state index contributed by atoms with van der Waals surface area (Å²) in [4.78, 5) is 18.8. The van der Waals surface area contributed by atoms with Gasteiger partial charge in [0, 0.05) is 11.8 Å². The van der Waals surface area contributed by atoms with Crippen LogP contribution in [0.1, 0.15) is 52.0 Å². The van der Waals surface area contributed by atoms with E-state index in [2.05, 4.69) is 19.0 Å². The molecule has 0 aromatic heterocycles. The maximum Gasteiger partial charge on any atom is 0.280 e. The Morgan fingerprint density at radius 1 is 1.30 bits per heavy atom. The lowest BCUT2D eigenvalue weighted by Gasteiger charge is -2.37. The molecule has 5 rings (SSSR count). The molecular formula is C24H32N2O6S. The van der Waals surface area contributed by atoms with Crippen LogP contribution in [0.2, 0.25) is 0 Å². The summed E-state index contributed by atoms with van der Waals surface area (Å²) < 4.78 is 38.5. The van der Waals surface area contributed by atoms with Crippen LogP contribution in [0.15, 0.2) is 29.4 Å². The monoisotopic (exact) mass is 476 g/mol. The Bertz CT molecular complexity index is 1080. The highest BCUT2D eigenvalue weighted by molar-refractivity contribution is 7.90. The molecule has 180 valence electrons. The number of carbonyl (C=O) groups excluding carboxylic acids is 1. The van der Waals surface area contributed by atoms with Gasteiger partial charge in [0.1, 0.15) is 5.75 Å². The molecule has 2 aliphatic carbocycles. The zero-order chi connectivity index (χ0) is 23.6. The van der Waals surface area contributed by atoms with E-state index >= 15 is 0 Å². The number of ether oxygens (including phenoxy) is 2. The molecule has 5 atom stereocenters. The van der Waals surface area contributed by atoms with Gasteiger partial charge in [0.25, 0.3) is 5.91 Å². The Labute approximate surface area is 195 Å². The van der Waals surface area contributed by atoms with Gasteiger partial charge < -0.3 is 14.3 Å². The molecule has 3 fully saturated rings. The van der Waals surface area contributed by atoms with Gasteiger partial charge in [-0.05, 0) is 55.2 Å². The van der Waals surface area contributed by atoms with Gasteiger partial charge in [-0.25, -0.2) is 12.7 Å². The third-order valence-corrected chi connectivity index (χ3v) is 10.6. The van der Waals surface area contributed by atoms with Crippen molar-refractivity contribution in [3.63, 3.8) is 0 Å². The molecule has 2 aliphatic heterocycles. The molecule has 1 spiro atoms. The van der Waals surface area contributed by atoms with Crippen LogP contribution in [-0.2, 0) is 31.0 Å². The van der Waals surface area contributed by atoms with Gasteiger partial charge in [-0.15, -0.1) is 0 Å². The number of benzene rings is 1. The number of sulfonamides is 1. The van der Waals surface area contributed by atoms with Gasteiger partial charge >= 0.3 is 0 Å². The van der Waals surface area contributed by atoms with Crippen molar-refractivity contribution >= 4 is 21.6 Å². The van der Waals surface area contributed by atoms with Crippen LogP contribution in [0.3, 0.4) is 0 Å². The van der Waals surface area contributed by atoms with Gasteiger partial charge in [-0.3, -0.25) is 4.79 Å². The van der Waals surface area contributed by atoms with Gasteiger partial charge in [0.15, 0.2) is 0 Å². The molecule has 1 saturated heterocycles. The molecule has 9 heteroatoms. The number of hydrogen-bond donors (Lipinski definition) is 0. The average molecular weight is 477 g/mol. The van der Waals surface area contributed by atoms with Crippen LogP contribution in [0.4, 0.5) is 0 Å². The predicted molar refractivity (Wildman–Crippen MR) is 122 cm³/mol. The Balaban J connectivity index is 1.23. The van der Waals surface area contributed by atoms with Crippen LogP contribution >= 0.6 is 0 Å². The Morgan fingerprint density at radius 2 is 2.03 bits per heavy atom. The third-order valence-electron chi connectivity index (χ3n) is 8.72. The molecule has 4 aliphatic rings. The zero-order valence-corrected chi connectivity index (χ0v) is 20.4. The second-order valence-corrected chi connectivity index (χ2v) is 12.3. The van der Waals surface area contributed by atoms with Crippen LogP contribution in [0.25, 0.3) is 0 Å². The SMILES string of the molecule is COc1ccc(CO[C@@H](C)C2=NO[C@H](C(=O)N3[C@H]4C[C@@H]5CC[C@@]4(CS3(=O)=O)C5(C)C)C2)cc1. The summed E-state index contributed by atoms with van der Waals surface area (Å²) in [6, 6.07) is 7.33. The van der Waals surface area contributed by atoms with E-state index in [-0.39, 0.29) is 35.1 Å². The first-order chi connectivity index (χ1) is 15.6. The summed E-state index contributed by atoms with van der Waals surface area (Å²) in [5.74, 6) is 0.804. The van der Waals surface area contributed by atoms with Crippen molar-refractivity contribution in [3.05, 3.63) is 29.8 Å². The Kier molecular flexibility index (Phi) is 5.28. The lowest BCUT2D eigenvalue weighted by molar-refractivity contribution is -0.139. The number of rotatable bonds is 6. The smallest absolute Gasteiger partial charge is 0.280 e. The van der Waals surface area contributed by atoms with Crippen molar-refractivity contribution in [2.45, 2.75) is 71.3 Å². The maximum atomic E-state index is 13.4. The fourth-order valence-corrected chi connectivity index (χ4v) is 9.09. The second kappa shape index (κ2) is 7.70. The molecule has 1 amide bonds. The van der Waals surface area contributed by atoms with Gasteiger partial charge in [0.05, 0.1) is 37.3 Å². The van der Waals surface area contributed by atoms with E-state index in [1.54, 1.807) is 7.11 Å². The predicted octanol–water partition coefficient (Wildman–Crippen LogP) is 3.11. The maximum absolute atomic E-state index is 13.4.